The van der Waals surface area contributed by atoms with Crippen molar-refractivity contribution in [1.29, 1.82) is 0 Å². The summed E-state index contributed by atoms with van der Waals surface area (Å²) >= 11 is 3.68. The van der Waals surface area contributed by atoms with Crippen LogP contribution in [0.25, 0.3) is 0 Å². The molecular formula is C18H29BrN4. The zero-order valence-corrected chi connectivity index (χ0v) is 16.3. The lowest BCUT2D eigenvalue weighted by Crippen LogP contribution is -2.46. The molecule has 1 saturated carbocycles. The van der Waals surface area contributed by atoms with Crippen LogP contribution >= 0.6 is 15.9 Å². The number of benzene rings is 1. The van der Waals surface area contributed by atoms with Crippen molar-refractivity contribution in [3.05, 3.63) is 34.3 Å². The summed E-state index contributed by atoms with van der Waals surface area (Å²) in [6.45, 7) is 9.22. The molecule has 0 amide bonds. The molecule has 128 valence electrons. The van der Waals surface area contributed by atoms with Crippen molar-refractivity contribution >= 4 is 21.9 Å². The number of nitrogens with one attached hydrogen (secondary N) is 3. The first-order valence-electron chi connectivity index (χ1n) is 8.31. The molecule has 0 atom stereocenters. The Bertz CT molecular complexity index is 544. The molecular weight excluding hydrogens is 352 g/mol. The Morgan fingerprint density at radius 2 is 1.87 bits per heavy atom. The summed E-state index contributed by atoms with van der Waals surface area (Å²) in [4.78, 5) is 4.32. The maximum atomic E-state index is 4.32. The summed E-state index contributed by atoms with van der Waals surface area (Å²) in [6, 6.07) is 8.54. The van der Waals surface area contributed by atoms with Crippen LogP contribution in [0, 0.1) is 0 Å². The zero-order valence-electron chi connectivity index (χ0n) is 14.7. The van der Waals surface area contributed by atoms with Crippen LogP contribution in [0.2, 0.25) is 0 Å². The molecule has 4 nitrogen and oxygen atoms in total. The molecule has 1 aromatic rings. The number of aliphatic imine (C=N–C) groups is 1. The van der Waals surface area contributed by atoms with Crippen molar-refractivity contribution in [2.24, 2.45) is 4.99 Å². The highest BCUT2D eigenvalue weighted by Gasteiger charge is 2.45. The third-order valence-electron chi connectivity index (χ3n) is 4.19. The van der Waals surface area contributed by atoms with Gasteiger partial charge in [0.15, 0.2) is 5.96 Å². The number of nitrogens with zero attached hydrogens (tertiary/aromatic N) is 1. The number of guanidine groups is 1. The molecule has 0 aliphatic heterocycles. The Labute approximate surface area is 148 Å². The molecule has 0 radical (unpaired) electrons. The Morgan fingerprint density at radius 1 is 1.17 bits per heavy atom. The summed E-state index contributed by atoms with van der Waals surface area (Å²) in [5.41, 5.74) is 1.80. The summed E-state index contributed by atoms with van der Waals surface area (Å²) in [5.74, 6) is 0.874. The van der Waals surface area contributed by atoms with E-state index in [4.69, 9.17) is 0 Å². The lowest BCUT2D eigenvalue weighted by molar-refractivity contribution is 0.428. The molecule has 0 bridgehead atoms. The number of hydrogen-bond donors (Lipinski definition) is 3. The van der Waals surface area contributed by atoms with Gasteiger partial charge in [0.05, 0.1) is 0 Å². The monoisotopic (exact) mass is 380 g/mol. The SMILES string of the molecule is CN=C(NCCNC(C)(C)C)NCC1(c2ccccc2Br)CC1. The Morgan fingerprint density at radius 3 is 2.43 bits per heavy atom. The van der Waals surface area contributed by atoms with Gasteiger partial charge in [0, 0.05) is 42.1 Å². The van der Waals surface area contributed by atoms with E-state index >= 15 is 0 Å². The van der Waals surface area contributed by atoms with E-state index in [2.05, 4.69) is 81.9 Å². The quantitative estimate of drug-likeness (QED) is 0.403. The summed E-state index contributed by atoms with van der Waals surface area (Å²) in [6.07, 6.45) is 2.45. The fourth-order valence-corrected chi connectivity index (χ4v) is 3.38. The highest BCUT2D eigenvalue weighted by atomic mass is 79.9. The fourth-order valence-electron chi connectivity index (χ4n) is 2.68. The molecule has 23 heavy (non-hydrogen) atoms. The van der Waals surface area contributed by atoms with Crippen molar-refractivity contribution in [2.75, 3.05) is 26.7 Å². The van der Waals surface area contributed by atoms with E-state index in [9.17, 15) is 0 Å². The van der Waals surface area contributed by atoms with Crippen LogP contribution in [0.4, 0.5) is 0 Å². The van der Waals surface area contributed by atoms with E-state index in [0.29, 0.717) is 0 Å². The second kappa shape index (κ2) is 7.67. The highest BCUT2D eigenvalue weighted by molar-refractivity contribution is 9.10. The van der Waals surface area contributed by atoms with Crippen LogP contribution in [-0.4, -0.2) is 38.2 Å². The number of hydrogen-bond acceptors (Lipinski definition) is 2. The molecule has 5 heteroatoms. The van der Waals surface area contributed by atoms with Gasteiger partial charge in [-0.05, 0) is 45.2 Å². The molecule has 3 N–H and O–H groups in total. The molecule has 1 aliphatic rings. The number of rotatable bonds is 6. The van der Waals surface area contributed by atoms with E-state index < -0.39 is 0 Å². The first-order chi connectivity index (χ1) is 10.9. The third-order valence-corrected chi connectivity index (χ3v) is 4.88. The van der Waals surface area contributed by atoms with Crippen LogP contribution < -0.4 is 16.0 Å². The molecule has 0 spiro atoms. The lowest BCUT2D eigenvalue weighted by atomic mass is 9.96. The number of halogens is 1. The van der Waals surface area contributed by atoms with Crippen molar-refractivity contribution in [1.82, 2.24) is 16.0 Å². The van der Waals surface area contributed by atoms with Crippen LogP contribution in [-0.2, 0) is 5.41 Å². The molecule has 1 fully saturated rings. The average Bonchev–Trinajstić information content (AvgIpc) is 3.27. The zero-order chi connectivity index (χ0) is 16.9. The minimum Gasteiger partial charge on any atom is -0.356 e. The van der Waals surface area contributed by atoms with Crippen LogP contribution in [0.1, 0.15) is 39.2 Å². The Hall–Kier alpha value is -1.07. The second-order valence-corrected chi connectivity index (χ2v) is 8.14. The molecule has 0 saturated heterocycles. The Balaban J connectivity index is 1.81. The molecule has 2 rings (SSSR count). The van der Waals surface area contributed by atoms with Crippen LogP contribution in [0.15, 0.2) is 33.7 Å². The largest absolute Gasteiger partial charge is 0.356 e. The van der Waals surface area contributed by atoms with Gasteiger partial charge >= 0.3 is 0 Å². The highest BCUT2D eigenvalue weighted by Crippen LogP contribution is 2.49. The second-order valence-electron chi connectivity index (χ2n) is 7.29. The van der Waals surface area contributed by atoms with E-state index in [1.165, 1.54) is 22.9 Å². The van der Waals surface area contributed by atoms with Gasteiger partial charge in [-0.3, -0.25) is 4.99 Å². The van der Waals surface area contributed by atoms with E-state index in [1.54, 1.807) is 0 Å². The summed E-state index contributed by atoms with van der Waals surface area (Å²) < 4.78 is 1.21. The van der Waals surface area contributed by atoms with Crippen molar-refractivity contribution in [2.45, 2.75) is 44.6 Å². The van der Waals surface area contributed by atoms with Gasteiger partial charge in [0.25, 0.3) is 0 Å². The summed E-state index contributed by atoms with van der Waals surface area (Å²) in [5, 5.41) is 10.3. The normalized spacial score (nSPS) is 17.0. The van der Waals surface area contributed by atoms with Crippen molar-refractivity contribution in [3.8, 4) is 0 Å². The van der Waals surface area contributed by atoms with Crippen LogP contribution in [0.3, 0.4) is 0 Å². The van der Waals surface area contributed by atoms with Gasteiger partial charge in [-0.15, -0.1) is 0 Å². The molecule has 0 heterocycles. The minimum atomic E-state index is 0.149. The average molecular weight is 381 g/mol. The lowest BCUT2D eigenvalue weighted by Gasteiger charge is -2.22. The van der Waals surface area contributed by atoms with Gasteiger partial charge in [-0.25, -0.2) is 0 Å². The van der Waals surface area contributed by atoms with E-state index in [1.807, 2.05) is 7.05 Å². The first kappa shape index (κ1) is 18.3. The fraction of sp³-hybridized carbons (Fsp3) is 0.611. The first-order valence-corrected chi connectivity index (χ1v) is 9.10. The van der Waals surface area contributed by atoms with Gasteiger partial charge in [0.2, 0.25) is 0 Å². The van der Waals surface area contributed by atoms with Crippen molar-refractivity contribution in [3.63, 3.8) is 0 Å². The topological polar surface area (TPSA) is 48.5 Å². The maximum Gasteiger partial charge on any atom is 0.191 e. The van der Waals surface area contributed by atoms with Gasteiger partial charge < -0.3 is 16.0 Å². The molecule has 1 aliphatic carbocycles. The third kappa shape index (κ3) is 5.50. The minimum absolute atomic E-state index is 0.149. The van der Waals surface area contributed by atoms with Crippen LogP contribution in [0.5, 0.6) is 0 Å². The molecule has 0 unspecified atom stereocenters. The summed E-state index contributed by atoms with van der Waals surface area (Å²) in [7, 11) is 1.82. The smallest absolute Gasteiger partial charge is 0.191 e. The van der Waals surface area contributed by atoms with Gasteiger partial charge in [-0.2, -0.15) is 0 Å². The van der Waals surface area contributed by atoms with E-state index in [-0.39, 0.29) is 11.0 Å². The predicted octanol–water partition coefficient (Wildman–Crippen LogP) is 3.03. The molecule has 1 aromatic carbocycles. The van der Waals surface area contributed by atoms with Gasteiger partial charge in [-0.1, -0.05) is 34.1 Å². The molecule has 0 aromatic heterocycles. The Kier molecular flexibility index (Phi) is 6.09. The standard InChI is InChI=1S/C18H29BrN4/c1-17(2,3)23-12-11-21-16(20-4)22-13-18(9-10-18)14-7-5-6-8-15(14)19/h5-8,23H,9-13H2,1-4H3,(H2,20,21,22). The van der Waals surface area contributed by atoms with Gasteiger partial charge in [0.1, 0.15) is 0 Å². The van der Waals surface area contributed by atoms with E-state index in [0.717, 1.165) is 25.6 Å². The predicted molar refractivity (Wildman–Crippen MR) is 102 cm³/mol. The maximum absolute atomic E-state index is 4.32. The van der Waals surface area contributed by atoms with Crippen molar-refractivity contribution < 1.29 is 0 Å².